The first-order valence-electron chi connectivity index (χ1n) is 11.6. The summed E-state index contributed by atoms with van der Waals surface area (Å²) in [6, 6.07) is 14.0. The lowest BCUT2D eigenvalue weighted by Gasteiger charge is -2.13. The lowest BCUT2D eigenvalue weighted by Crippen LogP contribution is -2.06. The molecule has 1 N–H and O–H groups in total. The van der Waals surface area contributed by atoms with Crippen LogP contribution >= 0.6 is 7.14 Å². The minimum atomic E-state index is -2.30. The van der Waals surface area contributed by atoms with Crippen molar-refractivity contribution < 1.29 is 4.57 Å². The minimum absolute atomic E-state index is 0.212. The van der Waals surface area contributed by atoms with Gasteiger partial charge in [0.05, 0.1) is 0 Å². The highest BCUT2D eigenvalue weighted by molar-refractivity contribution is 7.70. The third-order valence-corrected chi connectivity index (χ3v) is 7.73. The Bertz CT molecular complexity index is 1380. The molecule has 2 aromatic heterocycles. The van der Waals surface area contributed by atoms with Crippen molar-refractivity contribution in [2.45, 2.75) is 40.0 Å². The molecule has 0 fully saturated rings. The summed E-state index contributed by atoms with van der Waals surface area (Å²) in [6.07, 6.45) is 6.84. The molecule has 0 saturated carbocycles. The summed E-state index contributed by atoms with van der Waals surface area (Å²) in [4.78, 5) is 14.3. The zero-order chi connectivity index (χ0) is 24.5. The van der Waals surface area contributed by atoms with Gasteiger partial charge in [-0.15, -0.1) is 0 Å². The number of fused-ring (bicyclic) bond motifs is 1. The number of anilines is 2. The largest absolute Gasteiger partial charge is 0.338 e. The minimum Gasteiger partial charge on any atom is -0.338 e. The summed E-state index contributed by atoms with van der Waals surface area (Å²) < 4.78 is 14.3. The van der Waals surface area contributed by atoms with Gasteiger partial charge in [0.25, 0.3) is 0 Å². The molecule has 4 aromatic rings. The molecule has 0 spiro atoms. The molecule has 0 amide bonds. The van der Waals surface area contributed by atoms with E-state index in [4.69, 9.17) is 9.97 Å². The van der Waals surface area contributed by atoms with E-state index in [1.807, 2.05) is 35.0 Å². The van der Waals surface area contributed by atoms with E-state index in [1.54, 1.807) is 19.7 Å². The summed E-state index contributed by atoms with van der Waals surface area (Å²) in [5.41, 5.74) is 5.99. The highest BCUT2D eigenvalue weighted by atomic mass is 31.2. The van der Waals surface area contributed by atoms with E-state index in [9.17, 15) is 4.57 Å². The molecule has 1 unspecified atom stereocenters. The Morgan fingerprint density at radius 1 is 1.06 bits per heavy atom. The molecule has 34 heavy (non-hydrogen) atoms. The molecule has 6 nitrogen and oxygen atoms in total. The predicted molar refractivity (Wildman–Crippen MR) is 144 cm³/mol. The summed E-state index contributed by atoms with van der Waals surface area (Å²) in [6.45, 7) is 12.1. The molecule has 0 radical (unpaired) electrons. The van der Waals surface area contributed by atoms with Crippen molar-refractivity contribution in [2.24, 2.45) is 0 Å². The number of aromatic nitrogens is 4. The van der Waals surface area contributed by atoms with Gasteiger partial charge in [0, 0.05) is 23.1 Å². The van der Waals surface area contributed by atoms with Crippen LogP contribution in [0.3, 0.4) is 0 Å². The topological polar surface area (TPSA) is 72.7 Å². The third-order valence-electron chi connectivity index (χ3n) is 6.19. The Kier molecular flexibility index (Phi) is 6.72. The zero-order valence-corrected chi connectivity index (χ0v) is 21.6. The second kappa shape index (κ2) is 9.55. The molecule has 0 bridgehead atoms. The molecular weight excluding hydrogens is 441 g/mol. The van der Waals surface area contributed by atoms with Gasteiger partial charge in [-0.25, -0.2) is 15.0 Å². The molecule has 2 heterocycles. The molecule has 176 valence electrons. The van der Waals surface area contributed by atoms with E-state index in [-0.39, 0.29) is 5.92 Å². The summed E-state index contributed by atoms with van der Waals surface area (Å²) in [5, 5.41) is 4.26. The van der Waals surface area contributed by atoms with Crippen LogP contribution in [0.4, 0.5) is 11.5 Å². The SMILES string of the molecule is CCC(C)c1nc(Nc2ccc(P(C)(C)=O)cc2)c2ncn(C=Cc3c(C)cccc3C)c2n1. The lowest BCUT2D eigenvalue weighted by molar-refractivity contribution is 0.588. The van der Waals surface area contributed by atoms with Crippen LogP contribution in [0.5, 0.6) is 0 Å². The van der Waals surface area contributed by atoms with E-state index >= 15 is 0 Å². The van der Waals surface area contributed by atoms with E-state index in [0.29, 0.717) is 11.3 Å². The number of imidazole rings is 1. The van der Waals surface area contributed by atoms with Gasteiger partial charge in [0.1, 0.15) is 19.3 Å². The van der Waals surface area contributed by atoms with Crippen molar-refractivity contribution in [3.63, 3.8) is 0 Å². The predicted octanol–water partition coefficient (Wildman–Crippen LogP) is 6.58. The van der Waals surface area contributed by atoms with E-state index in [2.05, 4.69) is 62.3 Å². The van der Waals surface area contributed by atoms with Gasteiger partial charge < -0.3 is 9.88 Å². The van der Waals surface area contributed by atoms with E-state index < -0.39 is 7.14 Å². The van der Waals surface area contributed by atoms with Crippen LogP contribution in [0.15, 0.2) is 48.8 Å². The molecule has 0 aliphatic rings. The lowest BCUT2D eigenvalue weighted by atomic mass is 10.0. The average Bonchev–Trinajstić information content (AvgIpc) is 3.21. The van der Waals surface area contributed by atoms with Crippen molar-refractivity contribution in [3.8, 4) is 0 Å². The molecule has 7 heteroatoms. The van der Waals surface area contributed by atoms with Gasteiger partial charge in [0.2, 0.25) is 0 Å². The number of rotatable bonds is 7. The van der Waals surface area contributed by atoms with Crippen molar-refractivity contribution >= 4 is 47.4 Å². The Hall–Kier alpha value is -3.24. The average molecular weight is 474 g/mol. The molecule has 4 rings (SSSR count). The number of aryl methyl sites for hydroxylation is 2. The van der Waals surface area contributed by atoms with Crippen LogP contribution in [0, 0.1) is 13.8 Å². The van der Waals surface area contributed by atoms with E-state index in [0.717, 1.165) is 28.9 Å². The first kappa shape index (κ1) is 23.9. The van der Waals surface area contributed by atoms with Gasteiger partial charge in [-0.05, 0) is 80.6 Å². The maximum absolute atomic E-state index is 12.4. The van der Waals surface area contributed by atoms with Crippen molar-refractivity contribution in [1.82, 2.24) is 19.5 Å². The zero-order valence-electron chi connectivity index (χ0n) is 20.7. The Labute approximate surface area is 201 Å². The highest BCUT2D eigenvalue weighted by Crippen LogP contribution is 2.35. The number of benzene rings is 2. The Morgan fingerprint density at radius 3 is 2.35 bits per heavy atom. The Balaban J connectivity index is 1.76. The van der Waals surface area contributed by atoms with Crippen LogP contribution in [0.1, 0.15) is 48.7 Å². The third kappa shape index (κ3) is 4.97. The molecule has 0 saturated heterocycles. The summed E-state index contributed by atoms with van der Waals surface area (Å²) in [7, 11) is -2.30. The van der Waals surface area contributed by atoms with Crippen LogP contribution in [0.25, 0.3) is 23.4 Å². The molecule has 0 aliphatic carbocycles. The second-order valence-corrected chi connectivity index (χ2v) is 12.4. The number of nitrogens with one attached hydrogen (secondary N) is 1. The maximum atomic E-state index is 12.4. The normalized spacial score (nSPS) is 13.0. The van der Waals surface area contributed by atoms with Gasteiger partial charge in [-0.1, -0.05) is 32.0 Å². The van der Waals surface area contributed by atoms with Crippen LogP contribution in [0.2, 0.25) is 0 Å². The summed E-state index contributed by atoms with van der Waals surface area (Å²) in [5.74, 6) is 1.66. The fraction of sp³-hybridized carbons (Fsp3) is 0.296. The van der Waals surface area contributed by atoms with Crippen molar-refractivity contribution in [1.29, 1.82) is 0 Å². The monoisotopic (exact) mass is 473 g/mol. The maximum Gasteiger partial charge on any atom is 0.169 e. The summed E-state index contributed by atoms with van der Waals surface area (Å²) >= 11 is 0. The molecule has 2 aromatic carbocycles. The van der Waals surface area contributed by atoms with Crippen molar-refractivity contribution in [2.75, 3.05) is 18.6 Å². The number of hydrogen-bond acceptors (Lipinski definition) is 5. The molecular formula is C27H32N5OP. The second-order valence-electron chi connectivity index (χ2n) is 9.21. The van der Waals surface area contributed by atoms with Crippen LogP contribution in [-0.2, 0) is 4.57 Å². The Morgan fingerprint density at radius 2 is 1.74 bits per heavy atom. The molecule has 1 atom stereocenters. The van der Waals surface area contributed by atoms with Gasteiger partial charge in [0.15, 0.2) is 17.0 Å². The van der Waals surface area contributed by atoms with Crippen molar-refractivity contribution in [3.05, 3.63) is 71.3 Å². The standard InChI is InChI=1S/C27H32N5OP/c1-7-18(2)25-30-26(29-21-11-13-22(14-12-21)34(5,6)33)24-27(31-25)32(17-28-24)16-15-23-19(3)9-8-10-20(23)4/h8-18H,7H2,1-6H3,(H,29,30,31). The first-order valence-corrected chi connectivity index (χ1v) is 14.2. The highest BCUT2D eigenvalue weighted by Gasteiger charge is 2.17. The number of hydrogen-bond donors (Lipinski definition) is 1. The van der Waals surface area contributed by atoms with Gasteiger partial charge in [-0.2, -0.15) is 0 Å². The van der Waals surface area contributed by atoms with Crippen LogP contribution in [-0.4, -0.2) is 32.8 Å². The van der Waals surface area contributed by atoms with Crippen LogP contribution < -0.4 is 10.6 Å². The number of nitrogens with zero attached hydrogens (tertiary/aromatic N) is 4. The molecule has 0 aliphatic heterocycles. The quantitative estimate of drug-likeness (QED) is 0.307. The van der Waals surface area contributed by atoms with E-state index in [1.165, 1.54) is 16.7 Å². The smallest absolute Gasteiger partial charge is 0.169 e. The fourth-order valence-electron chi connectivity index (χ4n) is 3.82. The van der Waals surface area contributed by atoms with Gasteiger partial charge >= 0.3 is 0 Å². The van der Waals surface area contributed by atoms with Gasteiger partial charge in [-0.3, -0.25) is 4.57 Å². The fourth-order valence-corrected chi connectivity index (χ4v) is 4.69. The first-order chi connectivity index (χ1) is 16.2.